The Kier molecular flexibility index (Phi) is 12.6. The van der Waals surface area contributed by atoms with Crippen LogP contribution < -0.4 is 27.3 Å². The van der Waals surface area contributed by atoms with Crippen molar-refractivity contribution in [3.63, 3.8) is 0 Å². The standard InChI is InChI=1S/C27H39N5O4/c1-2-36-22-11-8-21(9-12-22)18-25(33)24(13-10-20-6-4-3-5-7-20)31-27(35)23(30)19-26(34)32(16-14-28)17-15-29/h3-9,11-12,23-24H,2,10,13-19,28-30H2,1H3,(H,31,35)/t23-,24-/m0/s1. The predicted molar refractivity (Wildman–Crippen MR) is 140 cm³/mol. The van der Waals surface area contributed by atoms with E-state index in [0.717, 1.165) is 16.9 Å². The van der Waals surface area contributed by atoms with Gasteiger partial charge in [0, 0.05) is 32.6 Å². The van der Waals surface area contributed by atoms with Crippen LogP contribution in [0.3, 0.4) is 0 Å². The molecule has 9 nitrogen and oxygen atoms in total. The Labute approximate surface area is 213 Å². The van der Waals surface area contributed by atoms with Gasteiger partial charge in [-0.1, -0.05) is 42.5 Å². The van der Waals surface area contributed by atoms with Crippen molar-refractivity contribution in [1.82, 2.24) is 10.2 Å². The molecule has 0 radical (unpaired) electrons. The van der Waals surface area contributed by atoms with Gasteiger partial charge < -0.3 is 32.2 Å². The van der Waals surface area contributed by atoms with Crippen LogP contribution in [-0.4, -0.2) is 67.4 Å². The molecule has 2 atom stereocenters. The second-order valence-electron chi connectivity index (χ2n) is 8.57. The molecule has 0 aliphatic heterocycles. The van der Waals surface area contributed by atoms with Crippen LogP contribution in [0.25, 0.3) is 0 Å². The number of benzene rings is 2. The molecule has 2 aromatic rings. The highest BCUT2D eigenvalue weighted by molar-refractivity contribution is 5.93. The number of carbonyl (C=O) groups excluding carboxylic acids is 3. The molecule has 0 bridgehead atoms. The number of ether oxygens (including phenoxy) is 1. The van der Waals surface area contributed by atoms with E-state index >= 15 is 0 Å². The summed E-state index contributed by atoms with van der Waals surface area (Å²) in [5.74, 6) is -0.233. The van der Waals surface area contributed by atoms with Crippen molar-refractivity contribution in [3.8, 4) is 5.75 Å². The third kappa shape index (κ3) is 9.77. The number of rotatable bonds is 16. The second kappa shape index (κ2) is 15.7. The molecule has 2 amide bonds. The number of nitrogens with zero attached hydrogens (tertiary/aromatic N) is 1. The summed E-state index contributed by atoms with van der Waals surface area (Å²) in [6.45, 7) is 3.72. The van der Waals surface area contributed by atoms with E-state index in [-0.39, 0.29) is 37.6 Å². The van der Waals surface area contributed by atoms with Gasteiger partial charge in [0.2, 0.25) is 11.8 Å². The van der Waals surface area contributed by atoms with E-state index < -0.39 is 18.0 Å². The molecule has 0 unspecified atom stereocenters. The number of Topliss-reactive ketones (excluding diaryl/α,β-unsaturated/α-hetero) is 1. The molecule has 7 N–H and O–H groups in total. The van der Waals surface area contributed by atoms with E-state index in [1.165, 1.54) is 4.90 Å². The van der Waals surface area contributed by atoms with Gasteiger partial charge in [-0.25, -0.2) is 0 Å². The number of ketones is 1. The van der Waals surface area contributed by atoms with Crippen molar-refractivity contribution < 1.29 is 19.1 Å². The number of hydrogen-bond acceptors (Lipinski definition) is 7. The summed E-state index contributed by atoms with van der Waals surface area (Å²) < 4.78 is 5.46. The molecule has 2 rings (SSSR count). The molecular formula is C27H39N5O4. The summed E-state index contributed by atoms with van der Waals surface area (Å²) >= 11 is 0. The normalized spacial score (nSPS) is 12.4. The SMILES string of the molecule is CCOc1ccc(CC(=O)[C@H](CCc2ccccc2)NC(=O)[C@@H](N)CC(=O)N(CCN)CCN)cc1. The van der Waals surface area contributed by atoms with Crippen LogP contribution in [0.1, 0.15) is 30.9 Å². The number of carbonyl (C=O) groups is 3. The minimum absolute atomic E-state index is 0.130. The summed E-state index contributed by atoms with van der Waals surface area (Å²) in [7, 11) is 0. The van der Waals surface area contributed by atoms with Crippen LogP contribution in [0.15, 0.2) is 54.6 Å². The molecule has 2 aromatic carbocycles. The fourth-order valence-corrected chi connectivity index (χ4v) is 3.83. The van der Waals surface area contributed by atoms with Crippen LogP contribution in [0, 0.1) is 0 Å². The number of nitrogens with one attached hydrogen (secondary N) is 1. The van der Waals surface area contributed by atoms with Crippen LogP contribution in [0.4, 0.5) is 0 Å². The highest BCUT2D eigenvalue weighted by Crippen LogP contribution is 2.14. The number of amides is 2. The topological polar surface area (TPSA) is 154 Å². The lowest BCUT2D eigenvalue weighted by atomic mass is 9.97. The molecule has 0 saturated heterocycles. The van der Waals surface area contributed by atoms with E-state index in [1.807, 2.05) is 61.5 Å². The lowest BCUT2D eigenvalue weighted by Crippen LogP contribution is -2.51. The van der Waals surface area contributed by atoms with E-state index in [4.69, 9.17) is 21.9 Å². The van der Waals surface area contributed by atoms with Crippen molar-refractivity contribution in [2.75, 3.05) is 32.8 Å². The van der Waals surface area contributed by atoms with Crippen molar-refractivity contribution in [2.24, 2.45) is 17.2 Å². The molecule has 0 spiro atoms. The zero-order chi connectivity index (χ0) is 26.3. The first-order chi connectivity index (χ1) is 17.4. The van der Waals surface area contributed by atoms with Gasteiger partial charge in [0.05, 0.1) is 25.1 Å². The monoisotopic (exact) mass is 497 g/mol. The molecule has 36 heavy (non-hydrogen) atoms. The van der Waals surface area contributed by atoms with Gasteiger partial charge >= 0.3 is 0 Å². The van der Waals surface area contributed by atoms with Gasteiger partial charge in [0.15, 0.2) is 5.78 Å². The molecule has 0 fully saturated rings. The second-order valence-corrected chi connectivity index (χ2v) is 8.57. The van der Waals surface area contributed by atoms with E-state index in [2.05, 4.69) is 5.32 Å². The average molecular weight is 498 g/mol. The summed E-state index contributed by atoms with van der Waals surface area (Å²) in [4.78, 5) is 40.2. The maximum atomic E-state index is 13.2. The van der Waals surface area contributed by atoms with Crippen LogP contribution >= 0.6 is 0 Å². The molecule has 0 saturated carbocycles. The summed E-state index contributed by atoms with van der Waals surface area (Å²) in [6.07, 6.45) is 0.986. The number of nitrogens with two attached hydrogens (primary N) is 3. The Bertz CT molecular complexity index is 946. The summed E-state index contributed by atoms with van der Waals surface area (Å²) in [6, 6.07) is 15.2. The molecule has 0 aromatic heterocycles. The van der Waals surface area contributed by atoms with Crippen molar-refractivity contribution in [3.05, 3.63) is 65.7 Å². The minimum Gasteiger partial charge on any atom is -0.494 e. The molecule has 9 heteroatoms. The maximum Gasteiger partial charge on any atom is 0.238 e. The molecule has 0 aliphatic rings. The number of hydrogen-bond donors (Lipinski definition) is 4. The van der Waals surface area contributed by atoms with Crippen LogP contribution in [-0.2, 0) is 27.2 Å². The Hall–Kier alpha value is -3.27. The highest BCUT2D eigenvalue weighted by atomic mass is 16.5. The Morgan fingerprint density at radius 2 is 1.58 bits per heavy atom. The van der Waals surface area contributed by atoms with Crippen LogP contribution in [0.2, 0.25) is 0 Å². The van der Waals surface area contributed by atoms with Gasteiger partial charge in [-0.3, -0.25) is 14.4 Å². The third-order valence-corrected chi connectivity index (χ3v) is 5.76. The van der Waals surface area contributed by atoms with Gasteiger partial charge in [0.25, 0.3) is 0 Å². The van der Waals surface area contributed by atoms with Crippen molar-refractivity contribution >= 4 is 17.6 Å². The third-order valence-electron chi connectivity index (χ3n) is 5.76. The van der Waals surface area contributed by atoms with E-state index in [9.17, 15) is 14.4 Å². The van der Waals surface area contributed by atoms with Crippen molar-refractivity contribution in [2.45, 2.75) is 44.7 Å². The summed E-state index contributed by atoms with van der Waals surface area (Å²) in [5, 5.41) is 2.79. The number of aryl methyl sites for hydroxylation is 1. The lowest BCUT2D eigenvalue weighted by Gasteiger charge is -2.24. The first-order valence-electron chi connectivity index (χ1n) is 12.4. The zero-order valence-electron chi connectivity index (χ0n) is 21.0. The Balaban J connectivity index is 2.06. The quantitative estimate of drug-likeness (QED) is 0.267. The molecular weight excluding hydrogens is 458 g/mol. The molecule has 0 aliphatic carbocycles. The van der Waals surface area contributed by atoms with Crippen molar-refractivity contribution in [1.29, 1.82) is 0 Å². The first kappa shape index (κ1) is 29.0. The Morgan fingerprint density at radius 3 is 2.17 bits per heavy atom. The Morgan fingerprint density at radius 1 is 0.944 bits per heavy atom. The first-order valence-corrected chi connectivity index (χ1v) is 12.4. The van der Waals surface area contributed by atoms with Gasteiger partial charge in [-0.05, 0) is 43.0 Å². The fraction of sp³-hybridized carbons (Fsp3) is 0.444. The molecule has 196 valence electrons. The van der Waals surface area contributed by atoms with Gasteiger partial charge in [-0.2, -0.15) is 0 Å². The highest BCUT2D eigenvalue weighted by Gasteiger charge is 2.26. The smallest absolute Gasteiger partial charge is 0.238 e. The zero-order valence-corrected chi connectivity index (χ0v) is 21.0. The predicted octanol–water partition coefficient (Wildman–Crippen LogP) is 0.778. The summed E-state index contributed by atoms with van der Waals surface area (Å²) in [5.41, 5.74) is 19.1. The van der Waals surface area contributed by atoms with Gasteiger partial charge in [0.1, 0.15) is 5.75 Å². The van der Waals surface area contributed by atoms with Gasteiger partial charge in [-0.15, -0.1) is 0 Å². The molecule has 0 heterocycles. The maximum absolute atomic E-state index is 13.2. The van der Waals surface area contributed by atoms with Crippen LogP contribution in [0.5, 0.6) is 5.75 Å². The average Bonchev–Trinajstić information content (AvgIpc) is 2.88. The minimum atomic E-state index is -1.09. The van der Waals surface area contributed by atoms with E-state index in [1.54, 1.807) is 0 Å². The van der Waals surface area contributed by atoms with E-state index in [0.29, 0.717) is 32.5 Å². The largest absolute Gasteiger partial charge is 0.494 e. The fourth-order valence-electron chi connectivity index (χ4n) is 3.83. The lowest BCUT2D eigenvalue weighted by molar-refractivity contribution is -0.134.